The Morgan fingerprint density at radius 2 is 1.17 bits per heavy atom. The van der Waals surface area contributed by atoms with Crippen LogP contribution in [0.25, 0.3) is 0 Å². The minimum atomic E-state index is -3.97. The van der Waals surface area contributed by atoms with Crippen molar-refractivity contribution in [2.75, 3.05) is 0 Å². The summed E-state index contributed by atoms with van der Waals surface area (Å²) in [7, 11) is -0.938. The number of hydrogen-bond acceptors (Lipinski definition) is 7. The van der Waals surface area contributed by atoms with Gasteiger partial charge in [0, 0.05) is 0 Å². The average Bonchev–Trinajstić information content (AvgIpc) is 1.86. The predicted molar refractivity (Wildman–Crippen MR) is 30.2 cm³/mol. The summed E-state index contributed by atoms with van der Waals surface area (Å²) in [6.45, 7) is 0. The normalized spacial score (nSPS) is 10.0. The van der Waals surface area contributed by atoms with E-state index in [1.807, 2.05) is 0 Å². The van der Waals surface area contributed by atoms with Gasteiger partial charge in [-0.15, -0.1) is 0 Å². The van der Waals surface area contributed by atoms with Crippen LogP contribution in [0, 0.1) is 30.3 Å². The van der Waals surface area contributed by atoms with E-state index >= 15 is 0 Å². The third kappa shape index (κ3) is 1.11. The molecule has 0 aromatic carbocycles. The molecule has 0 aliphatic rings. The molecule has 0 heterocycles. The van der Waals surface area contributed by atoms with Crippen molar-refractivity contribution in [2.24, 2.45) is 0 Å². The number of hydrogen-bond donors (Lipinski definition) is 0. The summed E-state index contributed by atoms with van der Waals surface area (Å²) in [5, 5.41) is 29.5. The van der Waals surface area contributed by atoms with Gasteiger partial charge in [-0.25, -0.2) is 0 Å². The summed E-state index contributed by atoms with van der Waals surface area (Å²) in [5.41, 5.74) is -3.97. The molecule has 0 radical (unpaired) electrons. The van der Waals surface area contributed by atoms with E-state index in [1.54, 1.807) is 0 Å². The Hall–Kier alpha value is -1.94. The van der Waals surface area contributed by atoms with E-state index in [-0.39, 0.29) is 0 Å². The number of rotatable bonds is 4. The van der Waals surface area contributed by atoms with Crippen molar-refractivity contribution in [2.45, 2.75) is 5.69 Å². The van der Waals surface area contributed by atoms with Gasteiger partial charge in [-0.3, -0.25) is 0 Å². The second-order valence-corrected chi connectivity index (χ2v) is 1.58. The van der Waals surface area contributed by atoms with E-state index in [4.69, 9.17) is 0 Å². The minimum absolute atomic E-state index is 0.938. The first-order valence-electron chi connectivity index (χ1n) is 2.29. The van der Waals surface area contributed by atoms with E-state index in [0.29, 0.717) is 0 Å². The first kappa shape index (κ1) is 10.1. The zero-order valence-corrected chi connectivity index (χ0v) is 5.28. The summed E-state index contributed by atoms with van der Waals surface area (Å²) in [6.07, 6.45) is 0. The Labute approximate surface area is 63.9 Å². The Kier molecular flexibility index (Phi) is 2.50. The number of nitrogens with zero attached hydrogens (tertiary/aromatic N) is 3. The Balaban J connectivity index is 5.33. The fourth-order valence-corrected chi connectivity index (χ4v) is 0.329. The predicted octanol–water partition coefficient (Wildman–Crippen LogP) is -1.52. The molecule has 0 spiro atoms. The van der Waals surface area contributed by atoms with Crippen molar-refractivity contribution in [3.8, 4) is 0 Å². The van der Waals surface area contributed by atoms with E-state index in [1.165, 1.54) is 0 Å². The maximum absolute atomic E-state index is 9.83. The molecule has 0 atom stereocenters. The maximum atomic E-state index is 9.83. The molecule has 0 bridgehead atoms. The zero-order chi connectivity index (χ0) is 9.94. The Bertz CT molecular complexity index is 223. The van der Waals surface area contributed by atoms with Gasteiger partial charge < -0.3 is 0 Å². The molecule has 0 aromatic heterocycles. The van der Waals surface area contributed by atoms with Crippen LogP contribution in [0.1, 0.15) is 0 Å². The molecule has 0 saturated heterocycles. The van der Waals surface area contributed by atoms with Crippen LogP contribution in [-0.4, -0.2) is 27.6 Å². The van der Waals surface area contributed by atoms with Crippen LogP contribution in [0.3, 0.4) is 0 Å². The van der Waals surface area contributed by atoms with E-state index in [9.17, 15) is 35.0 Å². The summed E-state index contributed by atoms with van der Waals surface area (Å²) >= 11 is 0. The van der Waals surface area contributed by atoms with Crippen LogP contribution in [0.15, 0.2) is 0 Å². The molecule has 0 aromatic rings. The second-order valence-electron chi connectivity index (χ2n) is 1.58. The van der Waals surface area contributed by atoms with Crippen LogP contribution in [-0.2, 0) is 4.70 Å². The van der Waals surface area contributed by atoms with Gasteiger partial charge in [0.15, 0.2) is 0 Å². The molecule has 0 aliphatic carbocycles. The number of nitro groups is 3. The van der Waals surface area contributed by atoms with E-state index in [2.05, 4.69) is 0 Å². The molecule has 0 saturated carbocycles. The van der Waals surface area contributed by atoms with Gasteiger partial charge in [0.25, 0.3) is 0 Å². The van der Waals surface area contributed by atoms with Crippen molar-refractivity contribution in [1.82, 2.24) is 0 Å². The first-order chi connectivity index (χ1) is 5.39. The Morgan fingerprint density at radius 1 is 0.917 bits per heavy atom. The van der Waals surface area contributed by atoms with Gasteiger partial charge in [0.2, 0.25) is 0 Å². The van der Waals surface area contributed by atoms with Crippen molar-refractivity contribution in [3.05, 3.63) is 30.3 Å². The SMILES string of the molecule is O=BC([N+](=O)[O-])([N+](=O)[O-])[N+](=O)[O-]. The molecule has 0 unspecified atom stereocenters. The third-order valence-electron chi connectivity index (χ3n) is 0.964. The van der Waals surface area contributed by atoms with Crippen molar-refractivity contribution < 1.29 is 19.5 Å². The molecule has 0 N–H and O–H groups in total. The molecule has 0 rings (SSSR count). The monoisotopic (exact) mass is 177 g/mol. The van der Waals surface area contributed by atoms with Gasteiger partial charge in [0.1, 0.15) is 0 Å². The Morgan fingerprint density at radius 3 is 1.17 bits per heavy atom. The average molecular weight is 177 g/mol. The molecule has 0 aliphatic heterocycles. The molecule has 64 valence electrons. The van der Waals surface area contributed by atoms with Gasteiger partial charge in [-0.05, 0) is 0 Å². The molecule has 12 heavy (non-hydrogen) atoms. The molecule has 11 heteroatoms. The summed E-state index contributed by atoms with van der Waals surface area (Å²) in [6, 6.07) is 0. The fraction of sp³-hybridized carbons (Fsp3) is 1.00. The van der Waals surface area contributed by atoms with Crippen LogP contribution < -0.4 is 0 Å². The molecule has 10 nitrogen and oxygen atoms in total. The quantitative estimate of drug-likeness (QED) is 0.219. The fourth-order valence-electron chi connectivity index (χ4n) is 0.329. The summed E-state index contributed by atoms with van der Waals surface area (Å²) in [5.74, 6) is 0. The third-order valence-corrected chi connectivity index (χ3v) is 0.964. The molecule has 0 fully saturated rings. The zero-order valence-electron chi connectivity index (χ0n) is 5.28. The molecule has 0 amide bonds. The standard InChI is InChI=1S/CBN3O7/c6-2-1(3(7)8,4(9)10)5(11)12. The van der Waals surface area contributed by atoms with Crippen LogP contribution in [0.2, 0.25) is 0 Å². The molecular formula is CBN3O7. The molecular weight excluding hydrogens is 177 g/mol. The van der Waals surface area contributed by atoms with Crippen molar-refractivity contribution in [1.29, 1.82) is 0 Å². The van der Waals surface area contributed by atoms with Gasteiger partial charge in [-0.2, -0.15) is 0 Å². The van der Waals surface area contributed by atoms with Gasteiger partial charge in [-0.1, -0.05) is 0 Å². The van der Waals surface area contributed by atoms with E-state index < -0.39 is 27.6 Å². The van der Waals surface area contributed by atoms with Gasteiger partial charge in [0.05, 0.1) is 0 Å². The van der Waals surface area contributed by atoms with E-state index in [0.717, 1.165) is 0 Å². The topological polar surface area (TPSA) is 146 Å². The van der Waals surface area contributed by atoms with Gasteiger partial charge >= 0.3 is 62.7 Å². The van der Waals surface area contributed by atoms with Crippen LogP contribution in [0.4, 0.5) is 0 Å². The van der Waals surface area contributed by atoms with Crippen molar-refractivity contribution in [3.63, 3.8) is 0 Å². The summed E-state index contributed by atoms with van der Waals surface area (Å²) in [4.78, 5) is 23.9. The van der Waals surface area contributed by atoms with Crippen LogP contribution >= 0.6 is 0 Å². The first-order valence-corrected chi connectivity index (χ1v) is 2.29. The second kappa shape index (κ2) is 2.98. The van der Waals surface area contributed by atoms with Crippen LogP contribution in [0.5, 0.6) is 0 Å². The van der Waals surface area contributed by atoms with Crippen molar-refractivity contribution >= 4 is 7.15 Å². The summed E-state index contributed by atoms with van der Waals surface area (Å²) < 4.78 is 9.83.